The van der Waals surface area contributed by atoms with Crippen LogP contribution in [0.4, 0.5) is 0 Å². The summed E-state index contributed by atoms with van der Waals surface area (Å²) in [5.41, 5.74) is 3.86. The van der Waals surface area contributed by atoms with Gasteiger partial charge in [-0.1, -0.05) is 48.0 Å². The van der Waals surface area contributed by atoms with Crippen LogP contribution in [-0.2, 0) is 6.42 Å². The quantitative estimate of drug-likeness (QED) is 0.843. The third kappa shape index (κ3) is 4.09. The van der Waals surface area contributed by atoms with Crippen LogP contribution in [0.25, 0.3) is 11.1 Å². The van der Waals surface area contributed by atoms with Gasteiger partial charge in [-0.15, -0.1) is 0 Å². The monoisotopic (exact) mass is 273 g/mol. The van der Waals surface area contributed by atoms with E-state index in [1.54, 1.807) is 0 Å². The van der Waals surface area contributed by atoms with Gasteiger partial charge >= 0.3 is 0 Å². The van der Waals surface area contributed by atoms with Crippen molar-refractivity contribution in [1.29, 1.82) is 0 Å². The molecule has 1 N–H and O–H groups in total. The highest BCUT2D eigenvalue weighted by Crippen LogP contribution is 2.23. The van der Waals surface area contributed by atoms with Crippen LogP contribution in [0.5, 0.6) is 0 Å². The molecule has 2 aromatic rings. The molecule has 2 heteroatoms. The standard InChI is InChI=1S/C17H20ClN/c1-13(19-2)6-7-14-4-3-5-16(12-14)15-8-10-17(18)11-9-15/h3-5,8-13,19H,6-7H2,1-2H3. The highest BCUT2D eigenvalue weighted by molar-refractivity contribution is 6.30. The van der Waals surface area contributed by atoms with Crippen molar-refractivity contribution in [2.24, 2.45) is 0 Å². The zero-order valence-corrected chi connectivity index (χ0v) is 12.2. The lowest BCUT2D eigenvalue weighted by Crippen LogP contribution is -2.21. The minimum Gasteiger partial charge on any atom is -0.317 e. The second kappa shape index (κ2) is 6.74. The Balaban J connectivity index is 2.12. The van der Waals surface area contributed by atoms with Crippen LogP contribution in [0.15, 0.2) is 48.5 Å². The fraction of sp³-hybridized carbons (Fsp3) is 0.294. The first kappa shape index (κ1) is 14.1. The summed E-state index contributed by atoms with van der Waals surface area (Å²) in [5.74, 6) is 0. The molecule has 2 aromatic carbocycles. The summed E-state index contributed by atoms with van der Waals surface area (Å²) in [7, 11) is 2.01. The maximum atomic E-state index is 5.92. The Morgan fingerprint density at radius 2 is 1.79 bits per heavy atom. The molecule has 0 amide bonds. The van der Waals surface area contributed by atoms with Gasteiger partial charge in [-0.25, -0.2) is 0 Å². The lowest BCUT2D eigenvalue weighted by Gasteiger charge is -2.10. The Morgan fingerprint density at radius 1 is 1.05 bits per heavy atom. The molecule has 0 aliphatic carbocycles. The molecule has 0 aromatic heterocycles. The summed E-state index contributed by atoms with van der Waals surface area (Å²) in [5, 5.41) is 4.05. The predicted molar refractivity (Wildman–Crippen MR) is 83.7 cm³/mol. The van der Waals surface area contributed by atoms with Crippen LogP contribution >= 0.6 is 11.6 Å². The molecule has 0 saturated heterocycles. The van der Waals surface area contributed by atoms with Crippen molar-refractivity contribution in [2.45, 2.75) is 25.8 Å². The minimum absolute atomic E-state index is 0.555. The van der Waals surface area contributed by atoms with Gasteiger partial charge in [-0.3, -0.25) is 0 Å². The summed E-state index contributed by atoms with van der Waals surface area (Å²) in [6.07, 6.45) is 2.25. The van der Waals surface area contributed by atoms with Crippen LogP contribution in [0.2, 0.25) is 5.02 Å². The average molecular weight is 274 g/mol. The molecule has 0 spiro atoms. The smallest absolute Gasteiger partial charge is 0.0406 e. The van der Waals surface area contributed by atoms with E-state index in [-0.39, 0.29) is 0 Å². The zero-order valence-electron chi connectivity index (χ0n) is 11.5. The van der Waals surface area contributed by atoms with E-state index in [9.17, 15) is 0 Å². The molecule has 0 aliphatic rings. The molecule has 0 heterocycles. The molecule has 0 bridgehead atoms. The Hall–Kier alpha value is -1.31. The van der Waals surface area contributed by atoms with E-state index in [0.717, 1.165) is 17.9 Å². The van der Waals surface area contributed by atoms with Gasteiger partial charge in [0.1, 0.15) is 0 Å². The van der Waals surface area contributed by atoms with Gasteiger partial charge in [0.25, 0.3) is 0 Å². The number of benzene rings is 2. The van der Waals surface area contributed by atoms with Gasteiger partial charge in [0.05, 0.1) is 0 Å². The topological polar surface area (TPSA) is 12.0 Å². The molecule has 100 valence electrons. The van der Waals surface area contributed by atoms with Gasteiger partial charge in [0.2, 0.25) is 0 Å². The van der Waals surface area contributed by atoms with E-state index in [1.807, 2.05) is 19.2 Å². The molecule has 19 heavy (non-hydrogen) atoms. The lowest BCUT2D eigenvalue weighted by atomic mass is 10.00. The first-order chi connectivity index (χ1) is 9.19. The number of halogens is 1. The van der Waals surface area contributed by atoms with Crippen LogP contribution in [0.3, 0.4) is 0 Å². The van der Waals surface area contributed by atoms with Gasteiger partial charge in [0.15, 0.2) is 0 Å². The van der Waals surface area contributed by atoms with Gasteiger partial charge < -0.3 is 5.32 Å². The summed E-state index contributed by atoms with van der Waals surface area (Å²) in [6.45, 7) is 2.21. The Morgan fingerprint density at radius 3 is 2.47 bits per heavy atom. The third-order valence-electron chi connectivity index (χ3n) is 3.46. The van der Waals surface area contributed by atoms with E-state index < -0.39 is 0 Å². The molecule has 0 aliphatic heterocycles. The SMILES string of the molecule is CNC(C)CCc1cccc(-c2ccc(Cl)cc2)c1. The van der Waals surface area contributed by atoms with E-state index in [4.69, 9.17) is 11.6 Å². The largest absolute Gasteiger partial charge is 0.317 e. The van der Waals surface area contributed by atoms with Gasteiger partial charge in [0, 0.05) is 11.1 Å². The second-order valence-electron chi connectivity index (χ2n) is 4.94. The molecule has 0 radical (unpaired) electrons. The summed E-state index contributed by atoms with van der Waals surface area (Å²) < 4.78 is 0. The van der Waals surface area contributed by atoms with Crippen LogP contribution in [0, 0.1) is 0 Å². The number of hydrogen-bond donors (Lipinski definition) is 1. The fourth-order valence-corrected chi connectivity index (χ4v) is 2.20. The van der Waals surface area contributed by atoms with E-state index >= 15 is 0 Å². The number of hydrogen-bond acceptors (Lipinski definition) is 1. The predicted octanol–water partition coefficient (Wildman–Crippen LogP) is 4.55. The zero-order chi connectivity index (χ0) is 13.7. The van der Waals surface area contributed by atoms with Crippen molar-refractivity contribution < 1.29 is 0 Å². The van der Waals surface area contributed by atoms with Crippen LogP contribution in [0.1, 0.15) is 18.9 Å². The Kier molecular flexibility index (Phi) is 5.00. The van der Waals surface area contributed by atoms with Crippen molar-refractivity contribution in [3.05, 3.63) is 59.1 Å². The van der Waals surface area contributed by atoms with Crippen molar-refractivity contribution >= 4 is 11.6 Å². The normalized spacial score (nSPS) is 12.4. The fourth-order valence-electron chi connectivity index (χ4n) is 2.08. The molecule has 0 fully saturated rings. The third-order valence-corrected chi connectivity index (χ3v) is 3.72. The first-order valence-electron chi connectivity index (χ1n) is 6.71. The Labute approximate surface area is 120 Å². The highest BCUT2D eigenvalue weighted by Gasteiger charge is 2.02. The van der Waals surface area contributed by atoms with Crippen LogP contribution < -0.4 is 5.32 Å². The van der Waals surface area contributed by atoms with E-state index in [1.165, 1.54) is 16.7 Å². The highest BCUT2D eigenvalue weighted by atomic mass is 35.5. The summed E-state index contributed by atoms with van der Waals surface area (Å²) in [4.78, 5) is 0. The van der Waals surface area contributed by atoms with Crippen molar-refractivity contribution in [1.82, 2.24) is 5.32 Å². The molecule has 0 saturated carbocycles. The van der Waals surface area contributed by atoms with Gasteiger partial charge in [-0.05, 0) is 55.6 Å². The summed E-state index contributed by atoms with van der Waals surface area (Å²) >= 11 is 5.92. The number of aryl methyl sites for hydroxylation is 1. The molecular formula is C17H20ClN. The maximum absolute atomic E-state index is 5.92. The molecule has 1 unspecified atom stereocenters. The van der Waals surface area contributed by atoms with Gasteiger partial charge in [-0.2, -0.15) is 0 Å². The molecular weight excluding hydrogens is 254 g/mol. The molecule has 1 atom stereocenters. The molecule has 1 nitrogen and oxygen atoms in total. The van der Waals surface area contributed by atoms with Crippen molar-refractivity contribution in [2.75, 3.05) is 7.05 Å². The molecule has 2 rings (SSSR count). The maximum Gasteiger partial charge on any atom is 0.0406 e. The lowest BCUT2D eigenvalue weighted by molar-refractivity contribution is 0.565. The van der Waals surface area contributed by atoms with Crippen molar-refractivity contribution in [3.63, 3.8) is 0 Å². The number of rotatable bonds is 5. The number of nitrogens with one attached hydrogen (secondary N) is 1. The first-order valence-corrected chi connectivity index (χ1v) is 7.09. The van der Waals surface area contributed by atoms with E-state index in [0.29, 0.717) is 6.04 Å². The van der Waals surface area contributed by atoms with Crippen LogP contribution in [-0.4, -0.2) is 13.1 Å². The van der Waals surface area contributed by atoms with Crippen molar-refractivity contribution in [3.8, 4) is 11.1 Å². The second-order valence-corrected chi connectivity index (χ2v) is 5.37. The average Bonchev–Trinajstić information content (AvgIpc) is 2.46. The minimum atomic E-state index is 0.555. The van der Waals surface area contributed by atoms with E-state index in [2.05, 4.69) is 48.6 Å². The summed E-state index contributed by atoms with van der Waals surface area (Å²) in [6, 6.07) is 17.3. The Bertz CT molecular complexity index is 519.